The van der Waals surface area contributed by atoms with Gasteiger partial charge in [-0.05, 0) is 0 Å². The van der Waals surface area contributed by atoms with Gasteiger partial charge in [-0.1, -0.05) is 42.1 Å². The molecule has 40 valence electrons. The van der Waals surface area contributed by atoms with Crippen LogP contribution in [0.2, 0.25) is 0 Å². The fraction of sp³-hybridized carbons (Fsp3) is 0. The van der Waals surface area contributed by atoms with Gasteiger partial charge in [0.25, 0.3) is 0 Å². The SMILES string of the molecule is [BH4-].[BH4-].[BH4-].[BH4-].[BH4-].[Na+].[Ti+4]. The summed E-state index contributed by atoms with van der Waals surface area (Å²) in [5.74, 6) is 0. The standard InChI is InChI=1S/5BH4.Na.Ti/h5*1H4;;/q5*-1;+1;+4. The van der Waals surface area contributed by atoms with E-state index in [2.05, 4.69) is 0 Å². The molecule has 0 fully saturated rings. The van der Waals surface area contributed by atoms with E-state index >= 15 is 0 Å². The van der Waals surface area contributed by atoms with Gasteiger partial charge in [0.05, 0.1) is 0 Å². The van der Waals surface area contributed by atoms with Crippen LogP contribution in [0.3, 0.4) is 0 Å². The van der Waals surface area contributed by atoms with E-state index in [1.165, 1.54) is 0 Å². The first kappa shape index (κ1) is 141. The van der Waals surface area contributed by atoms with Crippen LogP contribution in [-0.2, 0) is 21.7 Å². The minimum Gasteiger partial charge on any atom is -0.0626 e. The van der Waals surface area contributed by atoms with E-state index in [1.807, 2.05) is 0 Å². The second-order valence-electron chi connectivity index (χ2n) is 0. The summed E-state index contributed by atoms with van der Waals surface area (Å²) in [6, 6.07) is 0. The third-order valence-corrected chi connectivity index (χ3v) is 0. The van der Waals surface area contributed by atoms with Gasteiger partial charge in [-0.2, -0.15) is 0 Å². The number of hydrogen-bond donors (Lipinski definition) is 0. The number of rotatable bonds is 0. The van der Waals surface area contributed by atoms with Crippen molar-refractivity contribution in [2.75, 3.05) is 0 Å². The van der Waals surface area contributed by atoms with Crippen LogP contribution in [0.15, 0.2) is 0 Å². The summed E-state index contributed by atoms with van der Waals surface area (Å²) in [6.45, 7) is 0. The molecule has 0 atom stereocenters. The second-order valence-corrected chi connectivity index (χ2v) is 0. The Labute approximate surface area is 92.4 Å². The maximum absolute atomic E-state index is 0. The van der Waals surface area contributed by atoms with Gasteiger partial charge < -0.3 is 0 Å². The van der Waals surface area contributed by atoms with Crippen LogP contribution < -0.4 is 29.6 Å². The van der Waals surface area contributed by atoms with Gasteiger partial charge in [-0.25, -0.2) is 0 Å². The average Bonchev–Trinajstić information content (AvgIpc) is 0. The molecule has 0 N–H and O–H groups in total. The molecular formula is H20B5NaTi. The van der Waals surface area contributed by atoms with Gasteiger partial charge in [0.15, 0.2) is 0 Å². The molecule has 0 aliphatic carbocycles. The summed E-state index contributed by atoms with van der Waals surface area (Å²) in [6.07, 6.45) is 0. The van der Waals surface area contributed by atoms with Crippen molar-refractivity contribution in [3.63, 3.8) is 0 Å². The Bertz CT molecular complexity index is 8.04. The van der Waals surface area contributed by atoms with E-state index in [1.54, 1.807) is 0 Å². The Morgan fingerprint density at radius 2 is 0.429 bits per heavy atom. The van der Waals surface area contributed by atoms with Crippen molar-refractivity contribution in [1.29, 1.82) is 0 Å². The summed E-state index contributed by atoms with van der Waals surface area (Å²) < 4.78 is 0. The van der Waals surface area contributed by atoms with Crippen molar-refractivity contribution in [3.8, 4) is 0 Å². The van der Waals surface area contributed by atoms with Crippen molar-refractivity contribution in [1.82, 2.24) is 0 Å². The van der Waals surface area contributed by atoms with E-state index in [0.717, 1.165) is 0 Å². The minimum absolute atomic E-state index is 0. The van der Waals surface area contributed by atoms with Crippen LogP contribution in [-0.4, -0.2) is 42.1 Å². The Kier molecular flexibility index (Phi) is 1920. The molecular weight excluding hydrogens is 125 g/mol. The average molecular weight is 145 g/mol. The maximum Gasteiger partial charge on any atom is 4.00 e. The van der Waals surface area contributed by atoms with Crippen LogP contribution in [0.25, 0.3) is 0 Å². The first-order valence-electron chi connectivity index (χ1n) is 0. The van der Waals surface area contributed by atoms with Crippen LogP contribution in [0.5, 0.6) is 0 Å². The van der Waals surface area contributed by atoms with Crippen molar-refractivity contribution in [2.45, 2.75) is 0 Å². The normalized spacial score (nSPS) is 0. The van der Waals surface area contributed by atoms with E-state index in [4.69, 9.17) is 0 Å². The number of hydrogen-bond acceptors (Lipinski definition) is 0. The molecule has 0 spiro atoms. The van der Waals surface area contributed by atoms with E-state index in [-0.39, 0.29) is 93.3 Å². The molecule has 0 rings (SSSR count). The van der Waals surface area contributed by atoms with Crippen molar-refractivity contribution < 1.29 is 51.3 Å². The zero-order chi connectivity index (χ0) is 0. The minimum atomic E-state index is 0. The molecule has 0 saturated heterocycles. The van der Waals surface area contributed by atoms with Gasteiger partial charge in [0, 0.05) is 0 Å². The molecule has 0 aliphatic heterocycles. The van der Waals surface area contributed by atoms with Crippen molar-refractivity contribution >= 4 is 42.1 Å². The molecule has 0 aromatic rings. The summed E-state index contributed by atoms with van der Waals surface area (Å²) in [5, 5.41) is 0. The van der Waals surface area contributed by atoms with E-state index in [0.29, 0.717) is 0 Å². The summed E-state index contributed by atoms with van der Waals surface area (Å²) >= 11 is 0. The molecule has 0 bridgehead atoms. The first-order valence-corrected chi connectivity index (χ1v) is 0. The quantitative estimate of drug-likeness (QED) is 0.297. The Hall–Kier alpha value is 2.04. The molecule has 0 unspecified atom stereocenters. The molecule has 7 heavy (non-hydrogen) atoms. The van der Waals surface area contributed by atoms with Crippen LogP contribution in [0.1, 0.15) is 0 Å². The van der Waals surface area contributed by atoms with Crippen LogP contribution in [0.4, 0.5) is 0 Å². The third-order valence-electron chi connectivity index (χ3n) is 0. The van der Waals surface area contributed by atoms with Gasteiger partial charge >= 0.3 is 51.3 Å². The summed E-state index contributed by atoms with van der Waals surface area (Å²) in [5.41, 5.74) is 0. The molecule has 0 amide bonds. The zero-order valence-corrected chi connectivity index (χ0v) is 5.06. The Balaban J connectivity index is 0. The fourth-order valence-corrected chi connectivity index (χ4v) is 0. The van der Waals surface area contributed by atoms with Gasteiger partial charge in [0.2, 0.25) is 0 Å². The van der Waals surface area contributed by atoms with Gasteiger partial charge in [-0.15, -0.1) is 0 Å². The summed E-state index contributed by atoms with van der Waals surface area (Å²) in [7, 11) is 0. The summed E-state index contributed by atoms with van der Waals surface area (Å²) in [4.78, 5) is 0. The topological polar surface area (TPSA) is 0 Å². The molecule has 0 aliphatic rings. The molecule has 0 saturated carbocycles. The van der Waals surface area contributed by atoms with E-state index in [9.17, 15) is 0 Å². The van der Waals surface area contributed by atoms with Crippen molar-refractivity contribution in [3.05, 3.63) is 0 Å². The monoisotopic (exact) mass is 146 g/mol. The van der Waals surface area contributed by atoms with Crippen molar-refractivity contribution in [2.24, 2.45) is 0 Å². The fourth-order valence-electron chi connectivity index (χ4n) is 0. The molecule has 0 radical (unpaired) electrons. The predicted octanol–water partition coefficient (Wildman–Crippen LogP) is -10.3. The Morgan fingerprint density at radius 1 is 0.429 bits per heavy atom. The Morgan fingerprint density at radius 3 is 0.429 bits per heavy atom. The maximum atomic E-state index is 0. The molecule has 0 heterocycles. The molecule has 0 nitrogen and oxygen atoms in total. The van der Waals surface area contributed by atoms with E-state index < -0.39 is 0 Å². The second kappa shape index (κ2) is 95.8. The molecule has 0 aromatic heterocycles. The van der Waals surface area contributed by atoms with Gasteiger partial charge in [-0.3, -0.25) is 0 Å². The largest absolute Gasteiger partial charge is 4.00 e. The van der Waals surface area contributed by atoms with Crippen LogP contribution in [0, 0.1) is 0 Å². The van der Waals surface area contributed by atoms with Gasteiger partial charge in [0.1, 0.15) is 0 Å². The third kappa shape index (κ3) is 70.5. The first-order chi connectivity index (χ1) is 0. The smallest absolute Gasteiger partial charge is 0.0626 e. The molecule has 7 heteroatoms. The zero-order valence-electron chi connectivity index (χ0n) is 1.50. The van der Waals surface area contributed by atoms with Crippen LogP contribution >= 0.6 is 0 Å². The molecule has 0 aromatic carbocycles. The predicted molar refractivity (Wildman–Crippen MR) is 56.7 cm³/mol.